The number of ether oxygens (including phenoxy) is 1. The van der Waals surface area contributed by atoms with Crippen molar-refractivity contribution < 1.29 is 24.0 Å². The largest absolute Gasteiger partial charge is 0.454 e. The van der Waals surface area contributed by atoms with E-state index in [1.807, 2.05) is 19.9 Å². The normalized spacial score (nSPS) is 10.2. The van der Waals surface area contributed by atoms with Gasteiger partial charge < -0.3 is 15.4 Å². The summed E-state index contributed by atoms with van der Waals surface area (Å²) < 4.78 is 4.80. The quantitative estimate of drug-likeness (QED) is 0.418. The van der Waals surface area contributed by atoms with Crippen molar-refractivity contribution in [1.29, 1.82) is 0 Å². The molecule has 9 nitrogen and oxygen atoms in total. The Kier molecular flexibility index (Phi) is 7.02. The molecule has 152 valence electrons. The molecule has 0 unspecified atom stereocenters. The van der Waals surface area contributed by atoms with Crippen LogP contribution in [0.1, 0.15) is 27.0 Å². The Labute approximate surface area is 167 Å². The van der Waals surface area contributed by atoms with Crippen molar-refractivity contribution in [2.24, 2.45) is 0 Å². The van der Waals surface area contributed by atoms with Crippen LogP contribution in [0.3, 0.4) is 0 Å². The highest BCUT2D eigenvalue weighted by Gasteiger charge is 2.17. The average Bonchev–Trinajstić information content (AvgIpc) is 2.64. The van der Waals surface area contributed by atoms with E-state index in [1.165, 1.54) is 12.1 Å². The smallest absolute Gasteiger partial charge is 0.325 e. The van der Waals surface area contributed by atoms with Crippen molar-refractivity contribution in [3.63, 3.8) is 0 Å². The van der Waals surface area contributed by atoms with Gasteiger partial charge in [0.2, 0.25) is 0 Å². The molecule has 2 N–H and O–H groups in total. The van der Waals surface area contributed by atoms with Gasteiger partial charge in [-0.3, -0.25) is 24.5 Å². The molecule has 0 aliphatic heterocycles. The Morgan fingerprint density at radius 1 is 1.00 bits per heavy atom. The van der Waals surface area contributed by atoms with Crippen LogP contribution in [0, 0.1) is 30.9 Å². The zero-order valence-corrected chi connectivity index (χ0v) is 16.3. The predicted molar refractivity (Wildman–Crippen MR) is 106 cm³/mol. The number of hydrogen-bond donors (Lipinski definition) is 2. The van der Waals surface area contributed by atoms with E-state index in [4.69, 9.17) is 4.74 Å². The highest BCUT2D eigenvalue weighted by Crippen LogP contribution is 2.25. The summed E-state index contributed by atoms with van der Waals surface area (Å²) in [6, 6.07) is 9.63. The second-order valence-corrected chi connectivity index (χ2v) is 6.55. The summed E-state index contributed by atoms with van der Waals surface area (Å²) >= 11 is 0. The summed E-state index contributed by atoms with van der Waals surface area (Å²) in [6.07, 6.45) is 0. The third-order valence-electron chi connectivity index (χ3n) is 3.87. The first kappa shape index (κ1) is 21.5. The standard InChI is InChI=1S/C20H21N3O6/c1-12-4-5-16(17(9-12)23(27)28)22-18(24)11-29-19(25)10-21-20(26)15-7-13(2)6-14(3)8-15/h4-9H,10-11H2,1-3H3,(H,21,26)(H,22,24). The summed E-state index contributed by atoms with van der Waals surface area (Å²) in [5, 5.41) is 15.8. The molecule has 0 aliphatic carbocycles. The SMILES string of the molecule is Cc1cc(C)cc(C(=O)NCC(=O)OCC(=O)Nc2ccc(C)cc2[N+](=O)[O-])c1. The number of carbonyl (C=O) groups excluding carboxylic acids is 3. The summed E-state index contributed by atoms with van der Waals surface area (Å²) in [6.45, 7) is 4.35. The first-order valence-corrected chi connectivity index (χ1v) is 8.72. The van der Waals surface area contributed by atoms with E-state index in [0.29, 0.717) is 11.1 Å². The van der Waals surface area contributed by atoms with Gasteiger partial charge in [-0.1, -0.05) is 23.3 Å². The molecule has 0 heterocycles. The molecule has 0 aromatic heterocycles. The van der Waals surface area contributed by atoms with Gasteiger partial charge in [-0.25, -0.2) is 0 Å². The molecule has 29 heavy (non-hydrogen) atoms. The maximum absolute atomic E-state index is 12.1. The number of nitro benzene ring substituents is 1. The molecule has 2 rings (SSSR count). The summed E-state index contributed by atoms with van der Waals surface area (Å²) in [7, 11) is 0. The molecule has 0 atom stereocenters. The Balaban J connectivity index is 1.84. The minimum atomic E-state index is -0.809. The number of nitrogens with zero attached hydrogens (tertiary/aromatic N) is 1. The van der Waals surface area contributed by atoms with Crippen molar-refractivity contribution in [1.82, 2.24) is 5.32 Å². The summed E-state index contributed by atoms with van der Waals surface area (Å²) in [5.41, 5.74) is 2.66. The lowest BCUT2D eigenvalue weighted by molar-refractivity contribution is -0.384. The van der Waals surface area contributed by atoms with Gasteiger partial charge in [0, 0.05) is 11.6 Å². The molecule has 2 amide bonds. The van der Waals surface area contributed by atoms with Crippen molar-refractivity contribution >= 4 is 29.2 Å². The zero-order valence-electron chi connectivity index (χ0n) is 16.3. The first-order valence-electron chi connectivity index (χ1n) is 8.72. The highest BCUT2D eigenvalue weighted by molar-refractivity contribution is 5.97. The molecule has 0 radical (unpaired) electrons. The van der Waals surface area contributed by atoms with Gasteiger partial charge in [0.05, 0.1) is 4.92 Å². The lowest BCUT2D eigenvalue weighted by Gasteiger charge is -2.09. The maximum atomic E-state index is 12.1. The van der Waals surface area contributed by atoms with Crippen LogP contribution >= 0.6 is 0 Å². The number of hydrogen-bond acceptors (Lipinski definition) is 6. The van der Waals surface area contributed by atoms with Crippen molar-refractivity contribution in [2.45, 2.75) is 20.8 Å². The maximum Gasteiger partial charge on any atom is 0.325 e. The summed E-state index contributed by atoms with van der Waals surface area (Å²) in [5.74, 6) is -1.98. The van der Waals surface area contributed by atoms with Crippen molar-refractivity contribution in [3.05, 3.63) is 68.8 Å². The van der Waals surface area contributed by atoms with Crippen molar-refractivity contribution in [3.8, 4) is 0 Å². The molecule has 2 aromatic rings. The zero-order chi connectivity index (χ0) is 21.6. The monoisotopic (exact) mass is 399 g/mol. The third-order valence-corrected chi connectivity index (χ3v) is 3.87. The second-order valence-electron chi connectivity index (χ2n) is 6.55. The minimum Gasteiger partial charge on any atom is -0.454 e. The van der Waals surface area contributed by atoms with Gasteiger partial charge in [-0.2, -0.15) is 0 Å². The van der Waals surface area contributed by atoms with Crippen LogP contribution < -0.4 is 10.6 Å². The molecule has 0 saturated carbocycles. The first-order chi connectivity index (χ1) is 13.7. The number of aryl methyl sites for hydroxylation is 3. The highest BCUT2D eigenvalue weighted by atomic mass is 16.6. The van der Waals surface area contributed by atoms with Gasteiger partial charge in [0.1, 0.15) is 12.2 Å². The lowest BCUT2D eigenvalue weighted by atomic mass is 10.1. The molecule has 0 bridgehead atoms. The van der Waals surface area contributed by atoms with Crippen LogP contribution in [0.2, 0.25) is 0 Å². The Hall–Kier alpha value is -3.75. The fraction of sp³-hybridized carbons (Fsp3) is 0.250. The van der Waals surface area contributed by atoms with Crippen LogP contribution in [0.15, 0.2) is 36.4 Å². The average molecular weight is 399 g/mol. The fourth-order valence-electron chi connectivity index (χ4n) is 2.64. The molecule has 2 aromatic carbocycles. The number of nitro groups is 1. The minimum absolute atomic E-state index is 0.00442. The van der Waals surface area contributed by atoms with E-state index < -0.39 is 35.9 Å². The van der Waals surface area contributed by atoms with Crippen LogP contribution in [0.25, 0.3) is 0 Å². The van der Waals surface area contributed by atoms with E-state index >= 15 is 0 Å². The number of rotatable bonds is 7. The fourth-order valence-corrected chi connectivity index (χ4v) is 2.64. The molecule has 0 spiro atoms. The second kappa shape index (κ2) is 9.45. The lowest BCUT2D eigenvalue weighted by Crippen LogP contribution is -2.32. The molecular formula is C20H21N3O6. The van der Waals surface area contributed by atoms with Gasteiger partial charge in [0.15, 0.2) is 6.61 Å². The molecule has 0 saturated heterocycles. The number of esters is 1. The molecular weight excluding hydrogens is 378 g/mol. The van der Waals surface area contributed by atoms with E-state index in [0.717, 1.165) is 11.1 Å². The van der Waals surface area contributed by atoms with Crippen LogP contribution in [-0.4, -0.2) is 35.9 Å². The Morgan fingerprint density at radius 2 is 1.66 bits per heavy atom. The van der Waals surface area contributed by atoms with Crippen LogP contribution in [0.4, 0.5) is 11.4 Å². The molecule has 0 aliphatic rings. The van der Waals surface area contributed by atoms with Gasteiger partial charge in [-0.05, 0) is 44.5 Å². The van der Waals surface area contributed by atoms with Crippen molar-refractivity contribution in [2.75, 3.05) is 18.5 Å². The number of nitrogens with one attached hydrogen (secondary N) is 2. The number of benzene rings is 2. The topological polar surface area (TPSA) is 128 Å². The van der Waals surface area contributed by atoms with E-state index in [2.05, 4.69) is 10.6 Å². The van der Waals surface area contributed by atoms with E-state index in [1.54, 1.807) is 25.1 Å². The van der Waals surface area contributed by atoms with E-state index in [-0.39, 0.29) is 11.4 Å². The summed E-state index contributed by atoms with van der Waals surface area (Å²) in [4.78, 5) is 46.2. The number of anilines is 1. The predicted octanol–water partition coefficient (Wildman–Crippen LogP) is 2.43. The molecule has 0 fully saturated rings. The molecule has 9 heteroatoms. The Morgan fingerprint density at radius 3 is 2.28 bits per heavy atom. The third kappa shape index (κ3) is 6.42. The Bertz CT molecular complexity index is 950. The van der Waals surface area contributed by atoms with Crippen LogP contribution in [-0.2, 0) is 14.3 Å². The van der Waals surface area contributed by atoms with Gasteiger partial charge in [0.25, 0.3) is 17.5 Å². The van der Waals surface area contributed by atoms with Gasteiger partial charge >= 0.3 is 5.97 Å². The van der Waals surface area contributed by atoms with Crippen LogP contribution in [0.5, 0.6) is 0 Å². The van der Waals surface area contributed by atoms with Gasteiger partial charge in [-0.15, -0.1) is 0 Å². The number of carbonyl (C=O) groups is 3. The van der Waals surface area contributed by atoms with E-state index in [9.17, 15) is 24.5 Å². The number of amides is 2.